The minimum absolute atomic E-state index is 0.232. The van der Waals surface area contributed by atoms with Crippen molar-refractivity contribution >= 4 is 5.97 Å². The van der Waals surface area contributed by atoms with Gasteiger partial charge in [0.05, 0.1) is 16.7 Å². The molecule has 0 aromatic carbocycles. The molecule has 4 nitrogen and oxygen atoms in total. The van der Waals surface area contributed by atoms with E-state index in [1.165, 1.54) is 0 Å². The monoisotopic (exact) mass is 266 g/mol. The molecule has 0 saturated heterocycles. The minimum atomic E-state index is -5.33. The third-order valence-electron chi connectivity index (χ3n) is 1.95. The standard InChI is InChI=1S/C9H3F5N2O2/c10-7(11)5-4(1-15)16-2-3(8(17)18)6(5)9(12,13)14/h2,7H,(H,17,18). The highest BCUT2D eigenvalue weighted by Crippen LogP contribution is 2.39. The van der Waals surface area contributed by atoms with E-state index >= 15 is 0 Å². The highest BCUT2D eigenvalue weighted by Gasteiger charge is 2.42. The maximum Gasteiger partial charge on any atom is 0.417 e. The molecule has 0 radical (unpaired) electrons. The van der Waals surface area contributed by atoms with Crippen LogP contribution in [0.15, 0.2) is 6.20 Å². The van der Waals surface area contributed by atoms with Gasteiger partial charge in [-0.15, -0.1) is 0 Å². The Kier molecular flexibility index (Phi) is 3.50. The summed E-state index contributed by atoms with van der Waals surface area (Å²) >= 11 is 0. The van der Waals surface area contributed by atoms with E-state index in [1.54, 1.807) is 0 Å². The minimum Gasteiger partial charge on any atom is -0.478 e. The molecule has 0 spiro atoms. The Hall–Kier alpha value is -2.24. The van der Waals surface area contributed by atoms with Crippen LogP contribution in [0.25, 0.3) is 0 Å². The van der Waals surface area contributed by atoms with Gasteiger partial charge in [-0.05, 0) is 0 Å². The molecule has 0 saturated carbocycles. The van der Waals surface area contributed by atoms with Crippen molar-refractivity contribution in [3.8, 4) is 6.07 Å². The molecule has 1 aromatic heterocycles. The summed E-state index contributed by atoms with van der Waals surface area (Å²) in [4.78, 5) is 13.6. The van der Waals surface area contributed by atoms with E-state index in [9.17, 15) is 26.7 Å². The fourth-order valence-corrected chi connectivity index (χ4v) is 1.30. The fourth-order valence-electron chi connectivity index (χ4n) is 1.30. The van der Waals surface area contributed by atoms with E-state index in [-0.39, 0.29) is 6.20 Å². The number of aromatic nitrogens is 1. The van der Waals surface area contributed by atoms with Crippen LogP contribution in [0, 0.1) is 11.3 Å². The Morgan fingerprint density at radius 3 is 2.33 bits per heavy atom. The van der Waals surface area contributed by atoms with Gasteiger partial charge in [-0.3, -0.25) is 0 Å². The SMILES string of the molecule is N#Cc1ncc(C(=O)O)c(C(F)(F)F)c1C(F)F. The van der Waals surface area contributed by atoms with E-state index in [0.29, 0.717) is 0 Å². The summed E-state index contributed by atoms with van der Waals surface area (Å²) in [6.45, 7) is 0. The normalized spacial score (nSPS) is 11.4. The molecule has 0 aliphatic rings. The molecule has 0 bridgehead atoms. The Morgan fingerprint density at radius 1 is 1.44 bits per heavy atom. The number of hydrogen-bond donors (Lipinski definition) is 1. The zero-order valence-electron chi connectivity index (χ0n) is 8.29. The number of hydrogen-bond acceptors (Lipinski definition) is 3. The van der Waals surface area contributed by atoms with Crippen molar-refractivity contribution in [2.24, 2.45) is 0 Å². The summed E-state index contributed by atoms with van der Waals surface area (Å²) < 4.78 is 63.0. The van der Waals surface area contributed by atoms with Crippen LogP contribution < -0.4 is 0 Å². The fraction of sp³-hybridized carbons (Fsp3) is 0.222. The van der Waals surface area contributed by atoms with Gasteiger partial charge >= 0.3 is 12.1 Å². The van der Waals surface area contributed by atoms with E-state index < -0.39 is 41.0 Å². The van der Waals surface area contributed by atoms with Gasteiger partial charge in [0.2, 0.25) is 0 Å². The van der Waals surface area contributed by atoms with E-state index in [0.717, 1.165) is 6.07 Å². The number of nitriles is 1. The van der Waals surface area contributed by atoms with Gasteiger partial charge < -0.3 is 5.11 Å². The van der Waals surface area contributed by atoms with Crippen LogP contribution in [0.4, 0.5) is 22.0 Å². The molecule has 9 heteroatoms. The quantitative estimate of drug-likeness (QED) is 0.835. The lowest BCUT2D eigenvalue weighted by atomic mass is 10.0. The van der Waals surface area contributed by atoms with Crippen LogP contribution in [0.5, 0.6) is 0 Å². The van der Waals surface area contributed by atoms with Crippen molar-refractivity contribution in [3.63, 3.8) is 0 Å². The predicted molar refractivity (Wildman–Crippen MR) is 45.9 cm³/mol. The molecule has 0 amide bonds. The van der Waals surface area contributed by atoms with Crippen molar-refractivity contribution in [2.75, 3.05) is 0 Å². The second-order valence-corrected chi connectivity index (χ2v) is 3.02. The van der Waals surface area contributed by atoms with Crippen LogP contribution in [-0.2, 0) is 6.18 Å². The second kappa shape index (κ2) is 4.56. The van der Waals surface area contributed by atoms with Crippen LogP contribution in [-0.4, -0.2) is 16.1 Å². The molecule has 96 valence electrons. The molecule has 0 aliphatic heterocycles. The maximum atomic E-state index is 12.6. The van der Waals surface area contributed by atoms with E-state index in [1.807, 2.05) is 0 Å². The number of pyridine rings is 1. The van der Waals surface area contributed by atoms with E-state index in [2.05, 4.69) is 4.98 Å². The van der Waals surface area contributed by atoms with Crippen molar-refractivity contribution in [2.45, 2.75) is 12.6 Å². The number of carboxylic acid groups (broad SMARTS) is 1. The molecular formula is C9H3F5N2O2. The average Bonchev–Trinajstić information content (AvgIpc) is 2.25. The number of halogens is 5. The molecule has 0 aliphatic carbocycles. The van der Waals surface area contributed by atoms with Gasteiger partial charge in [0.25, 0.3) is 6.43 Å². The lowest BCUT2D eigenvalue weighted by molar-refractivity contribution is -0.140. The molecule has 1 aromatic rings. The Labute approximate surface area is 96.3 Å². The molecule has 18 heavy (non-hydrogen) atoms. The summed E-state index contributed by atoms with van der Waals surface area (Å²) in [5.41, 5.74) is -6.33. The van der Waals surface area contributed by atoms with Gasteiger partial charge in [-0.2, -0.15) is 18.4 Å². The number of alkyl halides is 5. The highest BCUT2D eigenvalue weighted by atomic mass is 19.4. The Balaban J connectivity index is 3.79. The number of rotatable bonds is 2. The number of carbonyl (C=O) groups is 1. The molecule has 1 heterocycles. The molecule has 1 N–H and O–H groups in total. The summed E-state index contributed by atoms with van der Waals surface area (Å²) in [7, 11) is 0. The van der Waals surface area contributed by atoms with Crippen molar-refractivity contribution < 1.29 is 31.9 Å². The van der Waals surface area contributed by atoms with Crippen LogP contribution in [0.3, 0.4) is 0 Å². The Bertz CT molecular complexity index is 533. The van der Waals surface area contributed by atoms with E-state index in [4.69, 9.17) is 10.4 Å². The van der Waals surface area contributed by atoms with Crippen molar-refractivity contribution in [1.82, 2.24) is 4.98 Å². The first kappa shape index (κ1) is 13.8. The van der Waals surface area contributed by atoms with Crippen LogP contribution in [0.2, 0.25) is 0 Å². The largest absolute Gasteiger partial charge is 0.478 e. The van der Waals surface area contributed by atoms with Crippen molar-refractivity contribution in [1.29, 1.82) is 5.26 Å². The predicted octanol–water partition coefficient (Wildman–Crippen LogP) is 2.61. The first-order valence-corrected chi connectivity index (χ1v) is 4.21. The van der Waals surface area contributed by atoms with Crippen LogP contribution >= 0.6 is 0 Å². The van der Waals surface area contributed by atoms with Crippen LogP contribution in [0.1, 0.15) is 33.6 Å². The topological polar surface area (TPSA) is 74.0 Å². The molecule has 0 fully saturated rings. The van der Waals surface area contributed by atoms with Crippen molar-refractivity contribution in [3.05, 3.63) is 28.6 Å². The first-order chi connectivity index (χ1) is 8.20. The maximum absolute atomic E-state index is 12.6. The summed E-state index contributed by atoms with van der Waals surface area (Å²) in [5.74, 6) is -2.05. The lowest BCUT2D eigenvalue weighted by Crippen LogP contribution is -2.18. The lowest BCUT2D eigenvalue weighted by Gasteiger charge is -2.15. The summed E-state index contributed by atoms with van der Waals surface area (Å²) in [6.07, 6.45) is -8.76. The molecule has 1 rings (SSSR count). The van der Waals surface area contributed by atoms with Gasteiger partial charge in [0.1, 0.15) is 11.8 Å². The third-order valence-corrected chi connectivity index (χ3v) is 1.95. The van der Waals surface area contributed by atoms with Gasteiger partial charge in [-0.1, -0.05) is 0 Å². The average molecular weight is 266 g/mol. The smallest absolute Gasteiger partial charge is 0.417 e. The van der Waals surface area contributed by atoms with Gasteiger partial charge in [-0.25, -0.2) is 18.6 Å². The zero-order valence-corrected chi connectivity index (χ0v) is 8.29. The summed E-state index contributed by atoms with van der Waals surface area (Å²) in [5, 5.41) is 17.0. The number of carboxylic acids is 1. The highest BCUT2D eigenvalue weighted by molar-refractivity contribution is 5.90. The molecule has 0 atom stereocenters. The summed E-state index contributed by atoms with van der Waals surface area (Å²) in [6, 6.07) is 1.07. The molecular weight excluding hydrogens is 263 g/mol. The zero-order chi connectivity index (χ0) is 14.1. The van der Waals surface area contributed by atoms with Gasteiger partial charge in [0, 0.05) is 6.20 Å². The third kappa shape index (κ3) is 2.37. The number of aromatic carboxylic acids is 1. The molecule has 0 unspecified atom stereocenters. The Morgan fingerprint density at radius 2 is 2.00 bits per heavy atom. The second-order valence-electron chi connectivity index (χ2n) is 3.02. The first-order valence-electron chi connectivity index (χ1n) is 4.21. The number of nitrogens with zero attached hydrogens (tertiary/aromatic N) is 2. The van der Waals surface area contributed by atoms with Gasteiger partial charge in [0.15, 0.2) is 0 Å².